The third-order valence-corrected chi connectivity index (χ3v) is 5.62. The highest BCUT2D eigenvalue weighted by molar-refractivity contribution is 7.89. The van der Waals surface area contributed by atoms with Crippen LogP contribution in [0, 0.1) is 6.92 Å². The molecule has 0 amide bonds. The van der Waals surface area contributed by atoms with E-state index >= 15 is 0 Å². The topological polar surface area (TPSA) is 92.4 Å². The summed E-state index contributed by atoms with van der Waals surface area (Å²) in [5.41, 5.74) is 1.27. The highest BCUT2D eigenvalue weighted by atomic mass is 32.2. The lowest BCUT2D eigenvalue weighted by atomic mass is 10.1. The number of aromatic nitrogens is 2. The second-order valence-corrected chi connectivity index (χ2v) is 6.90. The van der Waals surface area contributed by atoms with Crippen molar-refractivity contribution in [2.45, 2.75) is 24.3 Å². The summed E-state index contributed by atoms with van der Waals surface area (Å²) in [5, 5.41) is 7.33. The van der Waals surface area contributed by atoms with E-state index < -0.39 is 22.0 Å². The van der Waals surface area contributed by atoms with E-state index in [1.807, 2.05) is 13.0 Å². The van der Waals surface area contributed by atoms with Crippen LogP contribution in [0.5, 0.6) is 0 Å². The van der Waals surface area contributed by atoms with Gasteiger partial charge in [0.05, 0.1) is 18.8 Å². The SMILES string of the molecule is COC(=O)C1CCN1S(=O)(=O)c1cc(C)cc2cn[nH]c12. The Morgan fingerprint density at radius 3 is 2.86 bits per heavy atom. The zero-order valence-corrected chi connectivity index (χ0v) is 12.5. The van der Waals surface area contributed by atoms with Crippen LogP contribution in [0.1, 0.15) is 12.0 Å². The number of carbonyl (C=O) groups is 1. The van der Waals surface area contributed by atoms with Crippen molar-refractivity contribution < 1.29 is 17.9 Å². The Morgan fingerprint density at radius 2 is 2.24 bits per heavy atom. The molecule has 1 unspecified atom stereocenters. The summed E-state index contributed by atoms with van der Waals surface area (Å²) in [6, 6.07) is 2.70. The highest BCUT2D eigenvalue weighted by Crippen LogP contribution is 2.31. The van der Waals surface area contributed by atoms with E-state index in [-0.39, 0.29) is 4.90 Å². The van der Waals surface area contributed by atoms with Gasteiger partial charge in [-0.2, -0.15) is 9.40 Å². The van der Waals surface area contributed by atoms with Crippen molar-refractivity contribution in [3.63, 3.8) is 0 Å². The summed E-state index contributed by atoms with van der Waals surface area (Å²) in [5.74, 6) is -0.529. The number of nitrogens with one attached hydrogen (secondary N) is 1. The molecule has 0 aliphatic carbocycles. The van der Waals surface area contributed by atoms with Crippen molar-refractivity contribution in [3.05, 3.63) is 23.9 Å². The molecule has 1 saturated heterocycles. The van der Waals surface area contributed by atoms with Crippen LogP contribution in [0.4, 0.5) is 0 Å². The number of fused-ring (bicyclic) bond motifs is 1. The third-order valence-electron chi connectivity index (χ3n) is 3.69. The molecule has 8 heteroatoms. The number of sulfonamides is 1. The molecule has 3 rings (SSSR count). The van der Waals surface area contributed by atoms with Crippen molar-refractivity contribution in [1.82, 2.24) is 14.5 Å². The van der Waals surface area contributed by atoms with E-state index in [4.69, 9.17) is 0 Å². The lowest BCUT2D eigenvalue weighted by Crippen LogP contribution is -2.55. The molecule has 2 heterocycles. The maximum absolute atomic E-state index is 12.8. The van der Waals surface area contributed by atoms with Crippen LogP contribution in [-0.2, 0) is 19.6 Å². The van der Waals surface area contributed by atoms with Crippen molar-refractivity contribution >= 4 is 26.9 Å². The van der Waals surface area contributed by atoms with Crippen LogP contribution in [0.15, 0.2) is 23.2 Å². The fraction of sp³-hybridized carbons (Fsp3) is 0.385. The number of ether oxygens (including phenoxy) is 1. The number of esters is 1. The van der Waals surface area contributed by atoms with E-state index in [0.29, 0.717) is 18.5 Å². The first-order valence-electron chi connectivity index (χ1n) is 6.48. The summed E-state index contributed by atoms with van der Waals surface area (Å²) in [6.45, 7) is 2.13. The largest absolute Gasteiger partial charge is 0.468 e. The lowest BCUT2D eigenvalue weighted by molar-refractivity contribution is -0.148. The van der Waals surface area contributed by atoms with Gasteiger partial charge in [0.25, 0.3) is 0 Å². The molecular weight excluding hydrogens is 294 g/mol. The Bertz CT molecular complexity index is 812. The number of nitrogens with zero attached hydrogens (tertiary/aromatic N) is 2. The van der Waals surface area contributed by atoms with Gasteiger partial charge in [0, 0.05) is 11.9 Å². The number of hydrogen-bond donors (Lipinski definition) is 1. The maximum Gasteiger partial charge on any atom is 0.324 e. The van der Waals surface area contributed by atoms with Gasteiger partial charge in [0.2, 0.25) is 10.0 Å². The van der Waals surface area contributed by atoms with Crippen molar-refractivity contribution in [3.8, 4) is 0 Å². The van der Waals surface area contributed by atoms with Gasteiger partial charge >= 0.3 is 5.97 Å². The molecule has 1 N–H and O–H groups in total. The predicted molar refractivity (Wildman–Crippen MR) is 75.1 cm³/mol. The minimum atomic E-state index is -3.76. The molecule has 1 aliphatic heterocycles. The van der Waals surface area contributed by atoms with Crippen LogP contribution in [0.2, 0.25) is 0 Å². The second kappa shape index (κ2) is 4.81. The average molecular weight is 309 g/mol. The zero-order chi connectivity index (χ0) is 15.2. The van der Waals surface area contributed by atoms with Gasteiger partial charge < -0.3 is 4.74 Å². The number of H-pyrrole nitrogens is 1. The molecule has 0 radical (unpaired) electrons. The standard InChI is InChI=1S/C13H15N3O4S/c1-8-5-9-7-14-15-12(9)11(6-8)21(18,19)16-4-3-10(16)13(17)20-2/h5-7,10H,3-4H2,1-2H3,(H,14,15). The number of aromatic amines is 1. The van der Waals surface area contributed by atoms with E-state index in [0.717, 1.165) is 10.9 Å². The minimum Gasteiger partial charge on any atom is -0.468 e. The molecule has 0 spiro atoms. The summed E-state index contributed by atoms with van der Waals surface area (Å²) < 4.78 is 31.4. The Labute approximate surface area is 121 Å². The maximum atomic E-state index is 12.8. The van der Waals surface area contributed by atoms with Gasteiger partial charge in [0.15, 0.2) is 0 Å². The highest BCUT2D eigenvalue weighted by Gasteiger charge is 2.44. The smallest absolute Gasteiger partial charge is 0.324 e. The van der Waals surface area contributed by atoms with Gasteiger partial charge in [0.1, 0.15) is 10.9 Å². The van der Waals surface area contributed by atoms with Crippen LogP contribution in [0.25, 0.3) is 10.9 Å². The summed E-state index contributed by atoms with van der Waals surface area (Å²) in [6.07, 6.45) is 2.05. The number of methoxy groups -OCH3 is 1. The normalized spacial score (nSPS) is 19.4. The predicted octanol–water partition coefficient (Wildman–Crippen LogP) is 0.807. The number of carbonyl (C=O) groups excluding carboxylic acids is 1. The summed E-state index contributed by atoms with van der Waals surface area (Å²) in [4.78, 5) is 11.8. The Hall–Kier alpha value is -1.93. The number of rotatable bonds is 3. The molecule has 2 aromatic rings. The molecule has 1 fully saturated rings. The number of hydrogen-bond acceptors (Lipinski definition) is 5. The first kappa shape index (κ1) is 14.0. The molecular formula is C13H15N3O4S. The molecule has 7 nitrogen and oxygen atoms in total. The van der Waals surface area contributed by atoms with Crippen LogP contribution in [-0.4, -0.2) is 48.6 Å². The average Bonchev–Trinajstić information content (AvgIpc) is 2.83. The minimum absolute atomic E-state index is 0.142. The molecule has 0 bridgehead atoms. The Balaban J connectivity index is 2.09. The summed E-state index contributed by atoms with van der Waals surface area (Å²) >= 11 is 0. The van der Waals surface area contributed by atoms with Crippen LogP contribution in [0.3, 0.4) is 0 Å². The first-order valence-corrected chi connectivity index (χ1v) is 7.92. The van der Waals surface area contributed by atoms with Gasteiger partial charge in [-0.25, -0.2) is 8.42 Å². The molecule has 21 heavy (non-hydrogen) atoms. The number of benzene rings is 1. The molecule has 1 atom stereocenters. The molecule has 0 saturated carbocycles. The van der Waals surface area contributed by atoms with Crippen molar-refractivity contribution in [1.29, 1.82) is 0 Å². The quantitative estimate of drug-likeness (QED) is 0.847. The van der Waals surface area contributed by atoms with Crippen LogP contribution >= 0.6 is 0 Å². The Morgan fingerprint density at radius 1 is 1.48 bits per heavy atom. The summed E-state index contributed by atoms with van der Waals surface area (Å²) in [7, 11) is -2.51. The Kier molecular flexibility index (Phi) is 3.22. The fourth-order valence-electron chi connectivity index (χ4n) is 2.52. The fourth-order valence-corrected chi connectivity index (χ4v) is 4.40. The van der Waals surface area contributed by atoms with E-state index in [2.05, 4.69) is 14.9 Å². The zero-order valence-electron chi connectivity index (χ0n) is 11.7. The van der Waals surface area contributed by atoms with Gasteiger partial charge in [-0.3, -0.25) is 9.89 Å². The molecule has 1 aromatic heterocycles. The number of aryl methyl sites for hydroxylation is 1. The van der Waals surface area contributed by atoms with Gasteiger partial charge in [-0.15, -0.1) is 0 Å². The van der Waals surface area contributed by atoms with E-state index in [1.165, 1.54) is 11.4 Å². The first-order chi connectivity index (χ1) is 9.95. The second-order valence-electron chi connectivity index (χ2n) is 5.04. The monoisotopic (exact) mass is 309 g/mol. The molecule has 1 aromatic carbocycles. The van der Waals surface area contributed by atoms with Gasteiger partial charge in [-0.1, -0.05) is 0 Å². The van der Waals surface area contributed by atoms with Gasteiger partial charge in [-0.05, 0) is 31.0 Å². The molecule has 112 valence electrons. The van der Waals surface area contributed by atoms with E-state index in [9.17, 15) is 13.2 Å². The third kappa shape index (κ3) is 2.11. The lowest BCUT2D eigenvalue weighted by Gasteiger charge is -2.37. The van der Waals surface area contributed by atoms with Crippen LogP contribution < -0.4 is 0 Å². The molecule has 1 aliphatic rings. The van der Waals surface area contributed by atoms with Crippen molar-refractivity contribution in [2.24, 2.45) is 0 Å². The van der Waals surface area contributed by atoms with E-state index in [1.54, 1.807) is 12.3 Å². The van der Waals surface area contributed by atoms with Crippen molar-refractivity contribution in [2.75, 3.05) is 13.7 Å².